The number of rotatable bonds is 28. The highest BCUT2D eigenvalue weighted by atomic mass is 16.5. The lowest BCUT2D eigenvalue weighted by atomic mass is 10.1. The Bertz CT molecular complexity index is 390. The molecule has 36 heavy (non-hydrogen) atoms. The maximum atomic E-state index is 10.7. The second-order valence-electron chi connectivity index (χ2n) is 10.4. The van der Waals surface area contributed by atoms with E-state index in [1.54, 1.807) is 0 Å². The standard InChI is InChI=1S/C20H42O.C13H24O2/c1-3-5-7-9-11-13-15-17-19-21-20-18-16-14-12-10-8-6-4-2;1-3-5-6-7-8-9-10-11-12-15-13(14)4-2/h3-20H2,1-2H3;4H,2-3,5-12H2,1H3. The van der Waals surface area contributed by atoms with Crippen molar-refractivity contribution < 1.29 is 14.3 Å². The maximum Gasteiger partial charge on any atom is 0.330 e. The summed E-state index contributed by atoms with van der Waals surface area (Å²) >= 11 is 0. The normalized spacial score (nSPS) is 10.6. The Kier molecular flexibility index (Phi) is 37.7. The SMILES string of the molecule is C=CC(=O)OCCCCCCCCCC.CCCCCCCCCCOCCCCCCCCCC. The largest absolute Gasteiger partial charge is 0.463 e. The van der Waals surface area contributed by atoms with Crippen LogP contribution in [0.15, 0.2) is 12.7 Å². The van der Waals surface area contributed by atoms with Crippen LogP contribution in [0.25, 0.3) is 0 Å². The van der Waals surface area contributed by atoms with Crippen molar-refractivity contribution in [1.29, 1.82) is 0 Å². The zero-order valence-corrected chi connectivity index (χ0v) is 25.1. The zero-order chi connectivity index (χ0) is 26.8. The van der Waals surface area contributed by atoms with Gasteiger partial charge in [-0.25, -0.2) is 4.79 Å². The van der Waals surface area contributed by atoms with Crippen LogP contribution in [0, 0.1) is 0 Å². The Hall–Kier alpha value is -0.830. The smallest absolute Gasteiger partial charge is 0.330 e. The van der Waals surface area contributed by atoms with Crippen molar-refractivity contribution in [2.75, 3.05) is 19.8 Å². The molecular formula is C33H66O3. The molecule has 0 aliphatic heterocycles. The molecule has 0 rings (SSSR count). The number of hydrogen-bond acceptors (Lipinski definition) is 3. The van der Waals surface area contributed by atoms with Gasteiger partial charge in [0.15, 0.2) is 0 Å². The average molecular weight is 511 g/mol. The van der Waals surface area contributed by atoms with E-state index in [0.717, 1.165) is 26.1 Å². The molecule has 3 heteroatoms. The topological polar surface area (TPSA) is 35.5 Å². The molecule has 0 heterocycles. The molecule has 0 aromatic rings. The van der Waals surface area contributed by atoms with Gasteiger partial charge in [-0.3, -0.25) is 0 Å². The molecule has 0 aliphatic carbocycles. The molecule has 0 saturated carbocycles. The van der Waals surface area contributed by atoms with Crippen LogP contribution < -0.4 is 0 Å². The molecule has 0 spiro atoms. The van der Waals surface area contributed by atoms with Gasteiger partial charge in [0.25, 0.3) is 0 Å². The van der Waals surface area contributed by atoms with Gasteiger partial charge < -0.3 is 9.47 Å². The van der Waals surface area contributed by atoms with E-state index in [-0.39, 0.29) is 5.97 Å². The lowest BCUT2D eigenvalue weighted by Crippen LogP contribution is -2.01. The Morgan fingerprint density at radius 1 is 0.472 bits per heavy atom. The fourth-order valence-electron chi connectivity index (χ4n) is 4.25. The minimum Gasteiger partial charge on any atom is -0.463 e. The molecule has 0 aromatic heterocycles. The Labute approximate surface area is 227 Å². The molecule has 0 amide bonds. The number of carbonyl (C=O) groups excluding carboxylic acids is 1. The van der Waals surface area contributed by atoms with Crippen LogP contribution in [0.3, 0.4) is 0 Å². The minimum absolute atomic E-state index is 0.307. The van der Waals surface area contributed by atoms with Gasteiger partial charge in [-0.1, -0.05) is 162 Å². The average Bonchev–Trinajstić information content (AvgIpc) is 2.89. The van der Waals surface area contributed by atoms with Crippen LogP contribution in [-0.2, 0) is 14.3 Å². The molecule has 0 N–H and O–H groups in total. The number of unbranched alkanes of at least 4 members (excludes halogenated alkanes) is 21. The Morgan fingerprint density at radius 3 is 1.06 bits per heavy atom. The van der Waals surface area contributed by atoms with Gasteiger partial charge in [-0.05, 0) is 19.3 Å². The van der Waals surface area contributed by atoms with E-state index < -0.39 is 0 Å². The van der Waals surface area contributed by atoms with Crippen molar-refractivity contribution in [3.05, 3.63) is 12.7 Å². The van der Waals surface area contributed by atoms with Crippen molar-refractivity contribution in [1.82, 2.24) is 0 Å². The molecule has 0 aromatic carbocycles. The molecule has 216 valence electrons. The van der Waals surface area contributed by atoms with Crippen molar-refractivity contribution in [3.63, 3.8) is 0 Å². The van der Waals surface area contributed by atoms with Gasteiger partial charge in [0.05, 0.1) is 6.61 Å². The quantitative estimate of drug-likeness (QED) is 0.0596. The minimum atomic E-state index is -0.307. The maximum absolute atomic E-state index is 10.7. The monoisotopic (exact) mass is 511 g/mol. The summed E-state index contributed by atoms with van der Waals surface area (Å²) in [5.41, 5.74) is 0. The highest BCUT2D eigenvalue weighted by molar-refractivity contribution is 5.81. The van der Waals surface area contributed by atoms with Crippen LogP contribution in [0.4, 0.5) is 0 Å². The summed E-state index contributed by atoms with van der Waals surface area (Å²) in [6.45, 7) is 12.7. The summed E-state index contributed by atoms with van der Waals surface area (Å²) in [7, 11) is 0. The van der Waals surface area contributed by atoms with E-state index in [2.05, 4.69) is 27.4 Å². The lowest BCUT2D eigenvalue weighted by molar-refractivity contribution is -0.137. The molecule has 0 fully saturated rings. The van der Waals surface area contributed by atoms with Crippen LogP contribution in [-0.4, -0.2) is 25.8 Å². The number of hydrogen-bond donors (Lipinski definition) is 0. The predicted octanol–water partition coefficient (Wildman–Crippen LogP) is 11.1. The summed E-state index contributed by atoms with van der Waals surface area (Å²) in [6.07, 6.45) is 33.5. The summed E-state index contributed by atoms with van der Waals surface area (Å²) in [4.78, 5) is 10.7. The molecule has 0 radical (unpaired) electrons. The van der Waals surface area contributed by atoms with Crippen molar-refractivity contribution in [2.45, 2.75) is 175 Å². The first-order chi connectivity index (χ1) is 17.7. The molecule has 0 saturated heterocycles. The van der Waals surface area contributed by atoms with Crippen molar-refractivity contribution in [2.24, 2.45) is 0 Å². The number of carbonyl (C=O) groups is 1. The highest BCUT2D eigenvalue weighted by Gasteiger charge is 1.96. The lowest BCUT2D eigenvalue weighted by Gasteiger charge is -2.05. The second kappa shape index (κ2) is 36.3. The predicted molar refractivity (Wildman–Crippen MR) is 160 cm³/mol. The van der Waals surface area contributed by atoms with E-state index in [4.69, 9.17) is 9.47 Å². The highest BCUT2D eigenvalue weighted by Crippen LogP contribution is 2.10. The van der Waals surface area contributed by atoms with Crippen LogP contribution in [0.1, 0.15) is 175 Å². The van der Waals surface area contributed by atoms with Gasteiger partial charge in [-0.2, -0.15) is 0 Å². The third-order valence-corrected chi connectivity index (χ3v) is 6.69. The van der Waals surface area contributed by atoms with Gasteiger partial charge in [0.1, 0.15) is 0 Å². The van der Waals surface area contributed by atoms with Gasteiger partial charge in [0.2, 0.25) is 0 Å². The first kappa shape index (κ1) is 37.3. The van der Waals surface area contributed by atoms with E-state index >= 15 is 0 Å². The van der Waals surface area contributed by atoms with E-state index in [1.807, 2.05) is 0 Å². The molecule has 3 nitrogen and oxygen atoms in total. The fourth-order valence-corrected chi connectivity index (χ4v) is 4.25. The van der Waals surface area contributed by atoms with Crippen LogP contribution in [0.5, 0.6) is 0 Å². The molecule has 0 bridgehead atoms. The molecular weight excluding hydrogens is 444 g/mol. The third-order valence-electron chi connectivity index (χ3n) is 6.69. The molecule has 0 atom stereocenters. The fraction of sp³-hybridized carbons (Fsp3) is 0.909. The van der Waals surface area contributed by atoms with E-state index in [9.17, 15) is 4.79 Å². The number of esters is 1. The summed E-state index contributed by atoms with van der Waals surface area (Å²) in [5, 5.41) is 0. The zero-order valence-electron chi connectivity index (χ0n) is 25.1. The van der Waals surface area contributed by atoms with Gasteiger partial charge in [-0.15, -0.1) is 0 Å². The van der Waals surface area contributed by atoms with Crippen molar-refractivity contribution in [3.8, 4) is 0 Å². The molecule has 0 aliphatic rings. The van der Waals surface area contributed by atoms with E-state index in [0.29, 0.717) is 6.61 Å². The summed E-state index contributed by atoms with van der Waals surface area (Å²) in [5.74, 6) is -0.307. The van der Waals surface area contributed by atoms with Crippen LogP contribution >= 0.6 is 0 Å². The van der Waals surface area contributed by atoms with Gasteiger partial charge in [0, 0.05) is 19.3 Å². The van der Waals surface area contributed by atoms with Crippen molar-refractivity contribution >= 4 is 5.97 Å². The second-order valence-corrected chi connectivity index (χ2v) is 10.4. The number of ether oxygens (including phenoxy) is 2. The van der Waals surface area contributed by atoms with Gasteiger partial charge >= 0.3 is 5.97 Å². The summed E-state index contributed by atoms with van der Waals surface area (Å²) in [6, 6.07) is 0. The Balaban J connectivity index is 0. The first-order valence-corrected chi connectivity index (χ1v) is 16.1. The van der Waals surface area contributed by atoms with Crippen LogP contribution in [0.2, 0.25) is 0 Å². The van der Waals surface area contributed by atoms with E-state index in [1.165, 1.54) is 147 Å². The third kappa shape index (κ3) is 37.7. The molecule has 0 unspecified atom stereocenters. The summed E-state index contributed by atoms with van der Waals surface area (Å²) < 4.78 is 10.6. The first-order valence-electron chi connectivity index (χ1n) is 16.1. The Morgan fingerprint density at radius 2 is 0.750 bits per heavy atom.